The van der Waals surface area contributed by atoms with Crippen LogP contribution >= 0.6 is 0 Å². The molecule has 0 spiro atoms. The molecule has 5 aromatic rings. The number of hydrogen-bond donors (Lipinski definition) is 6. The van der Waals surface area contributed by atoms with Crippen LogP contribution in [0.2, 0.25) is 0 Å². The number of phenolic OH excluding ortho intramolecular Hbond substituents is 1. The van der Waals surface area contributed by atoms with Crippen molar-refractivity contribution >= 4 is 28.8 Å². The van der Waals surface area contributed by atoms with Crippen LogP contribution in [0.3, 0.4) is 0 Å². The van der Waals surface area contributed by atoms with Crippen molar-refractivity contribution in [3.8, 4) is 5.75 Å². The first-order valence-electron chi connectivity index (χ1n) is 21.2. The number of carbonyl (C=O) groups excluding carboxylic acids is 2. The average molecular weight is 827 g/mol. The highest BCUT2D eigenvalue weighted by Gasteiger charge is 2.52. The number of H-pyrrole nitrogens is 1. The van der Waals surface area contributed by atoms with Crippen molar-refractivity contribution in [3.05, 3.63) is 147 Å². The number of aliphatic hydroxyl groups excluding tert-OH is 1. The molecule has 2 unspecified atom stereocenters. The Labute approximate surface area is 355 Å². The standard InChI is InChI=1S/C48H54N6O7/c1-49-47(61)53(28-32-9-7-31(8-10-32)26-50-27-42(56)37-15-17-41(55)44-38(37)16-18-43(57)51-44)29-33-11-13-35(14-12-33)45(58)54-24-21-48(46(59)60,36-5-3-2-4-6-36)25-40(54)39-30-52-22-19-34(39)20-23-52/h2-18,34,39-40,42,50,55-56H,19-30H2,1H3,(H,49,61)(H,51,57)(H,59,60)/t39?,40-,42+,48?/m1/s1. The molecule has 9 rings (SSSR count). The largest absolute Gasteiger partial charge is 0.506 e. The van der Waals surface area contributed by atoms with E-state index in [0.717, 1.165) is 54.7 Å². The second-order valence-corrected chi connectivity index (χ2v) is 16.9. The number of carboxylic acid groups (broad SMARTS) is 1. The molecule has 6 N–H and O–H groups in total. The van der Waals surface area contributed by atoms with E-state index in [0.29, 0.717) is 61.5 Å². The molecule has 4 fully saturated rings. The number of piperidine rings is 4. The van der Waals surface area contributed by atoms with Crippen LogP contribution in [0.5, 0.6) is 5.75 Å². The number of benzene rings is 4. The van der Waals surface area contributed by atoms with Crippen molar-refractivity contribution < 1.29 is 29.7 Å². The minimum absolute atomic E-state index is 0.0608. The number of aromatic nitrogens is 1. The van der Waals surface area contributed by atoms with Gasteiger partial charge in [-0.25, -0.2) is 4.79 Å². The monoisotopic (exact) mass is 826 g/mol. The number of phenols is 1. The van der Waals surface area contributed by atoms with E-state index in [1.54, 1.807) is 24.1 Å². The van der Waals surface area contributed by atoms with Gasteiger partial charge in [-0.2, -0.15) is 0 Å². The first-order chi connectivity index (χ1) is 29.5. The van der Waals surface area contributed by atoms with E-state index >= 15 is 0 Å². The summed E-state index contributed by atoms with van der Waals surface area (Å²) in [5.74, 6) is -0.303. The summed E-state index contributed by atoms with van der Waals surface area (Å²) in [6, 6.07) is 30.5. The number of nitrogens with one attached hydrogen (secondary N) is 3. The van der Waals surface area contributed by atoms with Gasteiger partial charge in [0, 0.05) is 69.4 Å². The molecule has 4 aliphatic rings. The van der Waals surface area contributed by atoms with Crippen molar-refractivity contribution in [1.29, 1.82) is 0 Å². The molecule has 318 valence electrons. The van der Waals surface area contributed by atoms with Crippen LogP contribution in [-0.4, -0.2) is 98.7 Å². The number of fused-ring (bicyclic) bond motifs is 4. The fourth-order valence-electron chi connectivity index (χ4n) is 9.96. The lowest BCUT2D eigenvalue weighted by molar-refractivity contribution is -0.148. The normalized spacial score (nSPS) is 22.8. The molecule has 0 saturated carbocycles. The molecule has 0 radical (unpaired) electrons. The van der Waals surface area contributed by atoms with E-state index in [9.17, 15) is 34.5 Å². The zero-order valence-corrected chi connectivity index (χ0v) is 34.4. The fraction of sp³-hybridized carbons (Fsp3) is 0.375. The Morgan fingerprint density at radius 3 is 2.18 bits per heavy atom. The quantitative estimate of drug-likeness (QED) is 0.0912. The van der Waals surface area contributed by atoms with Crippen LogP contribution < -0.4 is 16.2 Å². The third kappa shape index (κ3) is 8.77. The highest BCUT2D eigenvalue weighted by Crippen LogP contribution is 2.46. The van der Waals surface area contributed by atoms with Crippen molar-refractivity contribution in [1.82, 2.24) is 30.3 Å². The topological polar surface area (TPSA) is 179 Å². The van der Waals surface area contributed by atoms with Crippen LogP contribution in [0.1, 0.15) is 70.0 Å². The number of carbonyl (C=O) groups is 3. The number of amides is 3. The van der Waals surface area contributed by atoms with Crippen LogP contribution in [-0.2, 0) is 29.8 Å². The summed E-state index contributed by atoms with van der Waals surface area (Å²) in [5, 5.41) is 38.4. The minimum atomic E-state index is -1.06. The number of likely N-dealkylation sites (tertiary alicyclic amines) is 1. The molecule has 4 atom stereocenters. The smallest absolute Gasteiger partial charge is 0.317 e. The van der Waals surface area contributed by atoms with Crippen molar-refractivity contribution in [2.45, 2.75) is 62.9 Å². The first-order valence-corrected chi connectivity index (χ1v) is 21.2. The zero-order valence-electron chi connectivity index (χ0n) is 34.4. The molecule has 2 bridgehead atoms. The molecule has 1 aromatic heterocycles. The van der Waals surface area contributed by atoms with Crippen LogP contribution in [0.4, 0.5) is 4.79 Å². The lowest BCUT2D eigenvalue weighted by atomic mass is 9.64. The molecule has 61 heavy (non-hydrogen) atoms. The molecule has 0 aliphatic carbocycles. The maximum Gasteiger partial charge on any atom is 0.317 e. The molecule has 4 aromatic carbocycles. The molecule has 13 heteroatoms. The van der Waals surface area contributed by atoms with E-state index in [-0.39, 0.29) is 47.3 Å². The van der Waals surface area contributed by atoms with E-state index in [1.807, 2.05) is 83.8 Å². The third-order valence-corrected chi connectivity index (χ3v) is 13.3. The number of pyridine rings is 1. The van der Waals surface area contributed by atoms with E-state index in [2.05, 4.69) is 20.5 Å². The van der Waals surface area contributed by atoms with Gasteiger partial charge in [0.15, 0.2) is 0 Å². The molecule has 4 aliphatic heterocycles. The highest BCUT2D eigenvalue weighted by atomic mass is 16.4. The first kappa shape index (κ1) is 41.7. The predicted octanol–water partition coefficient (Wildman–Crippen LogP) is 5.37. The van der Waals surface area contributed by atoms with Crippen molar-refractivity contribution in [2.75, 3.05) is 39.8 Å². The molecule has 5 heterocycles. The summed E-state index contributed by atoms with van der Waals surface area (Å²) >= 11 is 0. The fourth-order valence-corrected chi connectivity index (χ4v) is 9.96. The summed E-state index contributed by atoms with van der Waals surface area (Å²) in [6.07, 6.45) is 2.00. The highest BCUT2D eigenvalue weighted by molar-refractivity contribution is 5.95. The van der Waals surface area contributed by atoms with Gasteiger partial charge in [0.1, 0.15) is 5.75 Å². The van der Waals surface area contributed by atoms with Gasteiger partial charge < -0.3 is 45.6 Å². The summed E-state index contributed by atoms with van der Waals surface area (Å²) in [5.41, 5.74) is 3.62. The Bertz CT molecular complexity index is 2420. The maximum atomic E-state index is 14.4. The van der Waals surface area contributed by atoms with E-state index in [4.69, 9.17) is 0 Å². The molecular formula is C48H54N6O7. The Morgan fingerprint density at radius 2 is 1.54 bits per heavy atom. The zero-order chi connectivity index (χ0) is 42.7. The number of nitrogens with zero attached hydrogens (tertiary/aromatic N) is 3. The van der Waals surface area contributed by atoms with Gasteiger partial charge in [-0.1, -0.05) is 72.8 Å². The molecule has 4 saturated heterocycles. The van der Waals surface area contributed by atoms with Crippen LogP contribution in [0, 0.1) is 11.8 Å². The van der Waals surface area contributed by atoms with Crippen LogP contribution in [0.15, 0.2) is 108 Å². The van der Waals surface area contributed by atoms with Gasteiger partial charge in [0.2, 0.25) is 5.56 Å². The predicted molar refractivity (Wildman–Crippen MR) is 232 cm³/mol. The number of urea groups is 1. The van der Waals surface area contributed by atoms with E-state index < -0.39 is 17.5 Å². The number of hydrogen-bond acceptors (Lipinski definition) is 8. The SMILES string of the molecule is CNC(=O)N(Cc1ccc(CNC[C@H](O)c2ccc(O)c3[nH]c(=O)ccc23)cc1)Cc1ccc(C(=O)N2CCC(C(=O)O)(c3ccccc3)C[C@@H]2C2CN3CCC2CC3)cc1. The summed E-state index contributed by atoms with van der Waals surface area (Å²) < 4.78 is 0. The van der Waals surface area contributed by atoms with Gasteiger partial charge in [-0.05, 0) is 103 Å². The van der Waals surface area contributed by atoms with Gasteiger partial charge in [0.05, 0.1) is 17.0 Å². The second kappa shape index (κ2) is 17.9. The van der Waals surface area contributed by atoms with Gasteiger partial charge in [-0.15, -0.1) is 0 Å². The van der Waals surface area contributed by atoms with Gasteiger partial charge in [0.25, 0.3) is 5.91 Å². The number of aliphatic hydroxyl groups is 1. The number of aliphatic carboxylic acids is 1. The Morgan fingerprint density at radius 1 is 0.869 bits per heavy atom. The lowest BCUT2D eigenvalue weighted by Gasteiger charge is -2.54. The Balaban J connectivity index is 0.909. The minimum Gasteiger partial charge on any atom is -0.506 e. The van der Waals surface area contributed by atoms with Gasteiger partial charge >= 0.3 is 12.0 Å². The van der Waals surface area contributed by atoms with Crippen molar-refractivity contribution in [3.63, 3.8) is 0 Å². The van der Waals surface area contributed by atoms with Gasteiger partial charge in [-0.3, -0.25) is 14.4 Å². The molecule has 13 nitrogen and oxygen atoms in total. The maximum absolute atomic E-state index is 14.4. The average Bonchev–Trinajstić information content (AvgIpc) is 3.29. The Hall–Kier alpha value is -6.02. The summed E-state index contributed by atoms with van der Waals surface area (Å²) in [6.45, 7) is 4.76. The second-order valence-electron chi connectivity index (χ2n) is 16.9. The van der Waals surface area contributed by atoms with Crippen molar-refractivity contribution in [2.24, 2.45) is 11.8 Å². The number of rotatable bonds is 13. The molecular weight excluding hydrogens is 773 g/mol. The number of carboxylic acids is 1. The lowest BCUT2D eigenvalue weighted by Crippen LogP contribution is -2.61. The van der Waals surface area contributed by atoms with E-state index in [1.165, 1.54) is 12.1 Å². The Kier molecular flexibility index (Phi) is 12.2. The number of aromatic hydroxyl groups is 1. The third-order valence-electron chi connectivity index (χ3n) is 13.3. The molecule has 3 amide bonds. The summed E-state index contributed by atoms with van der Waals surface area (Å²) in [7, 11) is 1.60. The van der Waals surface area contributed by atoms with Crippen LogP contribution in [0.25, 0.3) is 10.9 Å². The summed E-state index contributed by atoms with van der Waals surface area (Å²) in [4.78, 5) is 61.2. The number of aromatic amines is 1.